The van der Waals surface area contributed by atoms with E-state index in [4.69, 9.17) is 23.7 Å². The Kier molecular flexibility index (Phi) is 4.36. The molecule has 3 aliphatic heterocycles. The van der Waals surface area contributed by atoms with E-state index in [2.05, 4.69) is 30.3 Å². The summed E-state index contributed by atoms with van der Waals surface area (Å²) < 4.78 is 30.7. The molecule has 3 saturated heterocycles. The number of ether oxygens (including phenoxy) is 5. The highest BCUT2D eigenvalue weighted by molar-refractivity contribution is 5.83. The first-order valence-corrected chi connectivity index (χ1v) is 10.1. The molecular formula is C24H22O5. The van der Waals surface area contributed by atoms with E-state index in [-0.39, 0.29) is 24.4 Å². The van der Waals surface area contributed by atoms with Gasteiger partial charge in [0, 0.05) is 5.56 Å². The fraction of sp³-hybridized carbons (Fsp3) is 0.333. The Bertz CT molecular complexity index is 1010. The van der Waals surface area contributed by atoms with Gasteiger partial charge in [-0.05, 0) is 22.4 Å². The van der Waals surface area contributed by atoms with Gasteiger partial charge < -0.3 is 23.7 Å². The number of benzene rings is 3. The molecule has 3 aliphatic rings. The zero-order chi connectivity index (χ0) is 19.2. The summed E-state index contributed by atoms with van der Waals surface area (Å²) in [6.45, 7) is 0.984. The number of fused-ring (bicyclic) bond motifs is 5. The first kappa shape index (κ1) is 17.6. The van der Waals surface area contributed by atoms with Crippen molar-refractivity contribution in [2.75, 3.05) is 6.61 Å². The first-order chi connectivity index (χ1) is 14.3. The van der Waals surface area contributed by atoms with Crippen molar-refractivity contribution in [3.63, 3.8) is 0 Å². The molecule has 29 heavy (non-hydrogen) atoms. The van der Waals surface area contributed by atoms with Crippen molar-refractivity contribution in [2.45, 2.75) is 43.6 Å². The number of rotatable bonds is 4. The zero-order valence-electron chi connectivity index (χ0n) is 15.8. The van der Waals surface area contributed by atoms with Crippen LogP contribution in [-0.4, -0.2) is 37.3 Å². The summed E-state index contributed by atoms with van der Waals surface area (Å²) in [5.41, 5.74) is 2.12. The second kappa shape index (κ2) is 7.20. The summed E-state index contributed by atoms with van der Waals surface area (Å²) in [5, 5.41) is 2.37. The summed E-state index contributed by atoms with van der Waals surface area (Å²) in [4.78, 5) is 0. The maximum atomic E-state index is 6.37. The molecule has 0 amide bonds. The van der Waals surface area contributed by atoms with Crippen LogP contribution in [0, 0.1) is 0 Å². The minimum Gasteiger partial charge on any atom is -0.365 e. The van der Waals surface area contributed by atoms with Gasteiger partial charge in [-0.1, -0.05) is 66.7 Å². The van der Waals surface area contributed by atoms with Crippen molar-refractivity contribution in [3.8, 4) is 0 Å². The lowest BCUT2D eigenvalue weighted by molar-refractivity contribution is -0.223. The maximum absolute atomic E-state index is 6.37. The third-order valence-electron chi connectivity index (χ3n) is 5.91. The summed E-state index contributed by atoms with van der Waals surface area (Å²) in [6, 6.07) is 24.7. The second-order valence-electron chi connectivity index (χ2n) is 7.78. The minimum atomic E-state index is -0.430. The van der Waals surface area contributed by atoms with Gasteiger partial charge in [0.25, 0.3) is 0 Å². The molecule has 0 unspecified atom stereocenters. The van der Waals surface area contributed by atoms with Crippen LogP contribution in [0.2, 0.25) is 0 Å². The highest BCUT2D eigenvalue weighted by Gasteiger charge is 2.57. The van der Waals surface area contributed by atoms with E-state index in [1.165, 1.54) is 10.8 Å². The fourth-order valence-electron chi connectivity index (χ4n) is 4.43. The van der Waals surface area contributed by atoms with Gasteiger partial charge in [-0.3, -0.25) is 0 Å². The van der Waals surface area contributed by atoms with Crippen molar-refractivity contribution in [2.24, 2.45) is 0 Å². The van der Waals surface area contributed by atoms with Crippen molar-refractivity contribution < 1.29 is 23.7 Å². The third-order valence-corrected chi connectivity index (χ3v) is 5.91. The van der Waals surface area contributed by atoms with Crippen LogP contribution in [0.15, 0.2) is 72.8 Å². The maximum Gasteiger partial charge on any atom is 0.187 e. The van der Waals surface area contributed by atoms with E-state index < -0.39 is 12.6 Å². The van der Waals surface area contributed by atoms with Crippen LogP contribution in [0.3, 0.4) is 0 Å². The highest BCUT2D eigenvalue weighted by atomic mass is 16.8. The van der Waals surface area contributed by atoms with E-state index >= 15 is 0 Å². The molecule has 3 fully saturated rings. The predicted octanol–water partition coefficient (Wildman–Crippen LogP) is 3.96. The minimum absolute atomic E-state index is 0.118. The molecule has 3 heterocycles. The lowest BCUT2D eigenvalue weighted by Gasteiger charge is -2.34. The van der Waals surface area contributed by atoms with Crippen LogP contribution in [0.1, 0.15) is 17.4 Å². The van der Waals surface area contributed by atoms with Crippen LogP contribution in [-0.2, 0) is 30.3 Å². The molecule has 3 aromatic carbocycles. The van der Waals surface area contributed by atoms with Crippen molar-refractivity contribution in [1.29, 1.82) is 0 Å². The molecule has 5 heteroatoms. The lowest BCUT2D eigenvalue weighted by Crippen LogP contribution is -2.53. The van der Waals surface area contributed by atoms with E-state index in [0.29, 0.717) is 13.2 Å². The Morgan fingerprint density at radius 2 is 1.59 bits per heavy atom. The van der Waals surface area contributed by atoms with Crippen LogP contribution in [0.25, 0.3) is 10.8 Å². The van der Waals surface area contributed by atoms with Gasteiger partial charge >= 0.3 is 0 Å². The summed E-state index contributed by atoms with van der Waals surface area (Å²) in [7, 11) is 0. The molecule has 3 aromatic rings. The summed E-state index contributed by atoms with van der Waals surface area (Å²) in [5.74, 6) is 0. The Morgan fingerprint density at radius 1 is 0.793 bits per heavy atom. The standard InChI is InChI=1S/C24H22O5/c1-2-6-15(7-3-1)13-25-22-21-20(19-14-26-24(22)27-19)28-23(29-21)18-11-10-16-8-4-5-9-17(16)12-18/h1-12,19-24H,13-14H2/t19-,20+,21+,22-,23+,24-/m1/s1. The lowest BCUT2D eigenvalue weighted by atomic mass is 10.0. The number of hydrogen-bond donors (Lipinski definition) is 0. The summed E-state index contributed by atoms with van der Waals surface area (Å²) >= 11 is 0. The molecule has 6 rings (SSSR count). The SMILES string of the molecule is c1ccc(CO[C@H]2[C@@H]3OC[C@@H](O3)[C@@H]3O[C@H](c4ccc5ccccc5c4)O[C@@H]32)cc1. The van der Waals surface area contributed by atoms with Gasteiger partial charge in [-0.15, -0.1) is 0 Å². The van der Waals surface area contributed by atoms with Gasteiger partial charge in [0.05, 0.1) is 13.2 Å². The molecular weight excluding hydrogens is 368 g/mol. The molecule has 2 bridgehead atoms. The quantitative estimate of drug-likeness (QED) is 0.675. The summed E-state index contributed by atoms with van der Waals surface area (Å²) in [6.07, 6.45) is -1.71. The van der Waals surface area contributed by atoms with Crippen molar-refractivity contribution >= 4 is 10.8 Å². The molecule has 0 N–H and O–H groups in total. The Morgan fingerprint density at radius 3 is 2.48 bits per heavy atom. The zero-order valence-corrected chi connectivity index (χ0v) is 15.8. The normalized spacial score (nSPS) is 33.1. The second-order valence-corrected chi connectivity index (χ2v) is 7.78. The average Bonchev–Trinajstić information content (AvgIpc) is 3.41. The predicted molar refractivity (Wildman–Crippen MR) is 106 cm³/mol. The third kappa shape index (κ3) is 3.16. The van der Waals surface area contributed by atoms with Crippen LogP contribution in [0.4, 0.5) is 0 Å². The molecule has 0 spiro atoms. The topological polar surface area (TPSA) is 46.2 Å². The molecule has 0 aliphatic carbocycles. The molecule has 5 nitrogen and oxygen atoms in total. The van der Waals surface area contributed by atoms with Gasteiger partial charge in [0.2, 0.25) is 0 Å². The Balaban J connectivity index is 1.24. The Labute approximate surface area is 169 Å². The van der Waals surface area contributed by atoms with Crippen molar-refractivity contribution in [1.82, 2.24) is 0 Å². The molecule has 0 radical (unpaired) electrons. The van der Waals surface area contributed by atoms with Gasteiger partial charge in [0.15, 0.2) is 12.6 Å². The average molecular weight is 390 g/mol. The molecule has 148 valence electrons. The van der Waals surface area contributed by atoms with E-state index in [0.717, 1.165) is 11.1 Å². The van der Waals surface area contributed by atoms with Crippen LogP contribution < -0.4 is 0 Å². The molecule has 0 aromatic heterocycles. The monoisotopic (exact) mass is 390 g/mol. The molecule has 0 saturated carbocycles. The van der Waals surface area contributed by atoms with Crippen LogP contribution in [0.5, 0.6) is 0 Å². The van der Waals surface area contributed by atoms with Gasteiger partial charge in [-0.2, -0.15) is 0 Å². The van der Waals surface area contributed by atoms with E-state index in [9.17, 15) is 0 Å². The van der Waals surface area contributed by atoms with Gasteiger partial charge in [0.1, 0.15) is 24.4 Å². The molecule has 6 atom stereocenters. The highest BCUT2D eigenvalue weighted by Crippen LogP contribution is 2.43. The van der Waals surface area contributed by atoms with Gasteiger partial charge in [-0.25, -0.2) is 0 Å². The van der Waals surface area contributed by atoms with Crippen molar-refractivity contribution in [3.05, 3.63) is 83.9 Å². The fourth-order valence-corrected chi connectivity index (χ4v) is 4.43. The number of hydrogen-bond acceptors (Lipinski definition) is 5. The van der Waals surface area contributed by atoms with E-state index in [1.54, 1.807) is 0 Å². The largest absolute Gasteiger partial charge is 0.365 e. The smallest absolute Gasteiger partial charge is 0.187 e. The van der Waals surface area contributed by atoms with Crippen LogP contribution >= 0.6 is 0 Å². The Hall–Kier alpha value is -2.28. The first-order valence-electron chi connectivity index (χ1n) is 10.1. The van der Waals surface area contributed by atoms with E-state index in [1.807, 2.05) is 42.5 Å².